The van der Waals surface area contributed by atoms with Gasteiger partial charge in [0.25, 0.3) is 0 Å². The number of benzene rings is 1. The summed E-state index contributed by atoms with van der Waals surface area (Å²) in [7, 11) is 1.97. The van der Waals surface area contributed by atoms with Gasteiger partial charge in [0, 0.05) is 36.1 Å². The number of carbonyl (C=O) groups excluding carboxylic acids is 1. The highest BCUT2D eigenvalue weighted by atomic mass is 16.3. The summed E-state index contributed by atoms with van der Waals surface area (Å²) in [6, 6.07) is 7.91. The van der Waals surface area contributed by atoms with Gasteiger partial charge in [-0.3, -0.25) is 4.79 Å². The first-order chi connectivity index (χ1) is 9.61. The Bertz CT molecular complexity index is 793. The number of carbonyl (C=O) groups is 1. The molecule has 0 amide bonds. The molecule has 102 valence electrons. The Morgan fingerprint density at radius 1 is 1.25 bits per heavy atom. The molecule has 0 bridgehead atoms. The molecule has 3 aromatic rings. The number of nitrogens with zero attached hydrogens (tertiary/aromatic N) is 1. The molecule has 0 aliphatic heterocycles. The number of ketones is 1. The Morgan fingerprint density at radius 2 is 2.05 bits per heavy atom. The zero-order valence-corrected chi connectivity index (χ0v) is 11.9. The minimum atomic E-state index is 0.0325. The second-order valence-corrected chi connectivity index (χ2v) is 5.11. The number of aryl methyl sites for hydroxylation is 3. The molecule has 20 heavy (non-hydrogen) atoms. The summed E-state index contributed by atoms with van der Waals surface area (Å²) in [6.07, 6.45) is 4.21. The fourth-order valence-electron chi connectivity index (χ4n) is 2.64. The van der Waals surface area contributed by atoms with Gasteiger partial charge in [0.1, 0.15) is 5.76 Å². The van der Waals surface area contributed by atoms with Crippen molar-refractivity contribution in [3.63, 3.8) is 0 Å². The summed E-state index contributed by atoms with van der Waals surface area (Å²) >= 11 is 0. The van der Waals surface area contributed by atoms with Crippen molar-refractivity contribution in [2.75, 3.05) is 0 Å². The average molecular weight is 267 g/mol. The molecule has 0 radical (unpaired) electrons. The van der Waals surface area contributed by atoms with Crippen molar-refractivity contribution in [2.24, 2.45) is 7.05 Å². The highest BCUT2D eigenvalue weighted by molar-refractivity contribution is 6.16. The van der Waals surface area contributed by atoms with E-state index in [-0.39, 0.29) is 5.78 Å². The Labute approximate surface area is 117 Å². The lowest BCUT2D eigenvalue weighted by Gasteiger charge is -2.00. The summed E-state index contributed by atoms with van der Waals surface area (Å²) in [5, 5.41) is 0.992. The lowest BCUT2D eigenvalue weighted by atomic mass is 10.0. The van der Waals surface area contributed by atoms with E-state index in [9.17, 15) is 4.79 Å². The van der Waals surface area contributed by atoms with Crippen molar-refractivity contribution in [3.8, 4) is 0 Å². The highest BCUT2D eigenvalue weighted by Crippen LogP contribution is 2.25. The highest BCUT2D eigenvalue weighted by Gasteiger charge is 2.19. The molecule has 2 heterocycles. The molecule has 3 rings (SSSR count). The van der Waals surface area contributed by atoms with Crippen LogP contribution in [0.2, 0.25) is 0 Å². The van der Waals surface area contributed by atoms with Crippen molar-refractivity contribution in [1.29, 1.82) is 0 Å². The van der Waals surface area contributed by atoms with E-state index in [2.05, 4.69) is 13.0 Å². The molecule has 2 aromatic heterocycles. The van der Waals surface area contributed by atoms with Crippen LogP contribution in [0.3, 0.4) is 0 Å². The molecule has 0 aliphatic carbocycles. The number of rotatable bonds is 3. The molecule has 0 saturated heterocycles. The zero-order chi connectivity index (χ0) is 14.3. The fourth-order valence-corrected chi connectivity index (χ4v) is 2.64. The van der Waals surface area contributed by atoms with Gasteiger partial charge in [0.2, 0.25) is 0 Å². The van der Waals surface area contributed by atoms with E-state index >= 15 is 0 Å². The van der Waals surface area contributed by atoms with Crippen LogP contribution in [0.25, 0.3) is 10.9 Å². The first-order valence-electron chi connectivity index (χ1n) is 6.78. The van der Waals surface area contributed by atoms with Crippen molar-refractivity contribution >= 4 is 16.7 Å². The normalized spacial score (nSPS) is 11.2. The Hall–Kier alpha value is -2.29. The van der Waals surface area contributed by atoms with Crippen LogP contribution < -0.4 is 0 Å². The molecule has 3 heteroatoms. The van der Waals surface area contributed by atoms with E-state index in [1.54, 1.807) is 12.3 Å². The van der Waals surface area contributed by atoms with E-state index in [0.29, 0.717) is 5.56 Å². The molecular weight excluding hydrogens is 250 g/mol. The average Bonchev–Trinajstić information content (AvgIpc) is 3.03. The predicted octanol–water partition coefficient (Wildman–Crippen LogP) is 3.87. The molecular formula is C17H17NO2. The summed E-state index contributed by atoms with van der Waals surface area (Å²) in [4.78, 5) is 12.7. The zero-order valence-electron chi connectivity index (χ0n) is 11.9. The third kappa shape index (κ3) is 1.86. The Morgan fingerprint density at radius 3 is 2.80 bits per heavy atom. The summed E-state index contributed by atoms with van der Waals surface area (Å²) in [5.74, 6) is 0.782. The maximum atomic E-state index is 12.7. The molecule has 1 aromatic carbocycles. The third-order valence-corrected chi connectivity index (χ3v) is 3.70. The van der Waals surface area contributed by atoms with E-state index < -0.39 is 0 Å². The standard InChI is InChI=1S/C17H17NO2/c1-4-16-13(7-8-20-16)17(19)14-10-18(3)15-9-11(2)5-6-12(14)15/h5-10H,4H2,1-3H3. The van der Waals surface area contributed by atoms with Crippen molar-refractivity contribution in [3.05, 3.63) is 59.2 Å². The van der Waals surface area contributed by atoms with Gasteiger partial charge in [-0.05, 0) is 24.6 Å². The van der Waals surface area contributed by atoms with Crippen LogP contribution >= 0.6 is 0 Å². The Balaban J connectivity index is 2.18. The summed E-state index contributed by atoms with van der Waals surface area (Å²) < 4.78 is 7.37. The van der Waals surface area contributed by atoms with Crippen molar-refractivity contribution < 1.29 is 9.21 Å². The molecule has 0 saturated carbocycles. The molecule has 0 spiro atoms. The van der Waals surface area contributed by atoms with Crippen LogP contribution in [-0.2, 0) is 13.5 Å². The lowest BCUT2D eigenvalue weighted by molar-refractivity contribution is 0.103. The molecule has 0 aliphatic rings. The van der Waals surface area contributed by atoms with E-state index in [4.69, 9.17) is 4.42 Å². The number of furan rings is 1. The first-order valence-corrected chi connectivity index (χ1v) is 6.78. The van der Waals surface area contributed by atoms with E-state index in [0.717, 1.165) is 28.6 Å². The van der Waals surface area contributed by atoms with Gasteiger partial charge < -0.3 is 8.98 Å². The van der Waals surface area contributed by atoms with Crippen molar-refractivity contribution in [1.82, 2.24) is 4.57 Å². The predicted molar refractivity (Wildman–Crippen MR) is 79.2 cm³/mol. The maximum absolute atomic E-state index is 12.7. The van der Waals surface area contributed by atoms with Gasteiger partial charge >= 0.3 is 0 Å². The van der Waals surface area contributed by atoms with Gasteiger partial charge in [-0.15, -0.1) is 0 Å². The van der Waals surface area contributed by atoms with Crippen LogP contribution in [0.1, 0.15) is 34.2 Å². The summed E-state index contributed by atoms with van der Waals surface area (Å²) in [6.45, 7) is 4.04. The quantitative estimate of drug-likeness (QED) is 0.675. The van der Waals surface area contributed by atoms with Crippen LogP contribution in [-0.4, -0.2) is 10.4 Å². The smallest absolute Gasteiger partial charge is 0.198 e. The Kier molecular flexibility index (Phi) is 2.97. The first kappa shape index (κ1) is 12.7. The molecule has 0 atom stereocenters. The number of fused-ring (bicyclic) bond motifs is 1. The van der Waals surface area contributed by atoms with Gasteiger partial charge in [0.05, 0.1) is 11.8 Å². The number of aromatic nitrogens is 1. The van der Waals surface area contributed by atoms with Gasteiger partial charge in [0.15, 0.2) is 5.78 Å². The maximum Gasteiger partial charge on any atom is 0.198 e. The second kappa shape index (κ2) is 4.67. The van der Waals surface area contributed by atoms with E-state index in [1.807, 2.05) is 36.9 Å². The fraction of sp³-hybridized carbons (Fsp3) is 0.235. The van der Waals surface area contributed by atoms with Crippen molar-refractivity contribution in [2.45, 2.75) is 20.3 Å². The van der Waals surface area contributed by atoms with E-state index in [1.165, 1.54) is 5.56 Å². The minimum Gasteiger partial charge on any atom is -0.469 e. The van der Waals surface area contributed by atoms with Crippen LogP contribution in [0.5, 0.6) is 0 Å². The molecule has 0 unspecified atom stereocenters. The SMILES string of the molecule is CCc1occc1C(=O)c1cn(C)c2cc(C)ccc12. The topological polar surface area (TPSA) is 35.1 Å². The third-order valence-electron chi connectivity index (χ3n) is 3.70. The van der Waals surface area contributed by atoms with Crippen LogP contribution in [0.4, 0.5) is 0 Å². The van der Waals surface area contributed by atoms with Crippen LogP contribution in [0, 0.1) is 6.92 Å². The lowest BCUT2D eigenvalue weighted by Crippen LogP contribution is -2.02. The second-order valence-electron chi connectivity index (χ2n) is 5.11. The number of hydrogen-bond donors (Lipinski definition) is 0. The van der Waals surface area contributed by atoms with Gasteiger partial charge in [-0.1, -0.05) is 19.1 Å². The molecule has 0 N–H and O–H groups in total. The minimum absolute atomic E-state index is 0.0325. The molecule has 3 nitrogen and oxygen atoms in total. The number of hydrogen-bond acceptors (Lipinski definition) is 2. The molecule has 0 fully saturated rings. The van der Waals surface area contributed by atoms with Gasteiger partial charge in [-0.25, -0.2) is 0 Å². The monoisotopic (exact) mass is 267 g/mol. The largest absolute Gasteiger partial charge is 0.469 e. The summed E-state index contributed by atoms with van der Waals surface area (Å²) in [5.41, 5.74) is 3.67. The van der Waals surface area contributed by atoms with Gasteiger partial charge in [-0.2, -0.15) is 0 Å². The van der Waals surface area contributed by atoms with Crippen LogP contribution in [0.15, 0.2) is 41.1 Å².